The van der Waals surface area contributed by atoms with Gasteiger partial charge in [0, 0.05) is 18.0 Å². The molecule has 1 aromatic heterocycles. The summed E-state index contributed by atoms with van der Waals surface area (Å²) >= 11 is 0. The Morgan fingerprint density at radius 2 is 1.43 bits per heavy atom. The molecule has 112 valence electrons. The molecule has 23 heavy (non-hydrogen) atoms. The third kappa shape index (κ3) is 2.92. The van der Waals surface area contributed by atoms with E-state index in [4.69, 9.17) is 5.26 Å². The maximum Gasteiger partial charge on any atom is 0.232 e. The summed E-state index contributed by atoms with van der Waals surface area (Å²) in [5.74, 6) is -1.45. The first-order valence-electron chi connectivity index (χ1n) is 6.87. The van der Waals surface area contributed by atoms with Crippen molar-refractivity contribution in [3.05, 3.63) is 71.8 Å². The Hall–Kier alpha value is -3.13. The first-order chi connectivity index (χ1) is 11.1. The largest absolute Gasteiger partial charge is 0.232 e. The Labute approximate surface area is 131 Å². The van der Waals surface area contributed by atoms with Crippen molar-refractivity contribution in [3.63, 3.8) is 0 Å². The Balaban J connectivity index is 2.06. The van der Waals surface area contributed by atoms with Crippen LogP contribution < -0.4 is 0 Å². The first-order valence-corrected chi connectivity index (χ1v) is 6.87. The third-order valence-corrected chi connectivity index (χ3v) is 3.47. The number of halogens is 2. The van der Waals surface area contributed by atoms with Crippen LogP contribution in [0.4, 0.5) is 8.78 Å². The zero-order valence-corrected chi connectivity index (χ0v) is 12.2. The van der Waals surface area contributed by atoms with E-state index in [0.717, 1.165) is 11.1 Å². The fraction of sp³-hybridized carbons (Fsp3) is 0.0556. The van der Waals surface area contributed by atoms with Crippen LogP contribution in [0.1, 0.15) is 11.4 Å². The van der Waals surface area contributed by atoms with Gasteiger partial charge in [-0.1, -0.05) is 29.8 Å². The average Bonchev–Trinajstić information content (AvgIpc) is 2.55. The van der Waals surface area contributed by atoms with E-state index in [1.54, 1.807) is 6.07 Å². The fourth-order valence-electron chi connectivity index (χ4n) is 2.28. The van der Waals surface area contributed by atoms with Gasteiger partial charge in [-0.2, -0.15) is 5.26 Å². The van der Waals surface area contributed by atoms with E-state index in [9.17, 15) is 8.78 Å². The molecule has 0 spiro atoms. The first kappa shape index (κ1) is 14.8. The third-order valence-electron chi connectivity index (χ3n) is 3.47. The van der Waals surface area contributed by atoms with Crippen LogP contribution in [-0.2, 0) is 0 Å². The van der Waals surface area contributed by atoms with Crippen molar-refractivity contribution in [2.24, 2.45) is 0 Å². The van der Waals surface area contributed by atoms with Crippen molar-refractivity contribution < 1.29 is 8.78 Å². The molecule has 3 rings (SSSR count). The van der Waals surface area contributed by atoms with Crippen LogP contribution in [-0.4, -0.2) is 9.97 Å². The van der Waals surface area contributed by atoms with Crippen LogP contribution in [0.25, 0.3) is 22.3 Å². The highest BCUT2D eigenvalue weighted by atomic mass is 19.1. The van der Waals surface area contributed by atoms with Gasteiger partial charge in [0.25, 0.3) is 0 Å². The zero-order valence-electron chi connectivity index (χ0n) is 12.2. The molecule has 0 aliphatic rings. The summed E-state index contributed by atoms with van der Waals surface area (Å²) in [5, 5.41) is 8.67. The SMILES string of the molecule is Cc1ccc(-c2cc(F)c(-c3cnc(C#N)nc3)c(F)c2)cc1. The van der Waals surface area contributed by atoms with Crippen LogP contribution in [0.3, 0.4) is 0 Å². The average molecular weight is 307 g/mol. The predicted molar refractivity (Wildman–Crippen MR) is 82.3 cm³/mol. The van der Waals surface area contributed by atoms with Gasteiger partial charge in [-0.15, -0.1) is 0 Å². The molecule has 0 aliphatic heterocycles. The zero-order chi connectivity index (χ0) is 16.4. The molecular weight excluding hydrogens is 296 g/mol. The van der Waals surface area contributed by atoms with E-state index in [0.29, 0.717) is 5.56 Å². The lowest BCUT2D eigenvalue weighted by molar-refractivity contribution is 0.590. The lowest BCUT2D eigenvalue weighted by Crippen LogP contribution is -1.95. The van der Waals surface area contributed by atoms with Crippen LogP contribution in [0, 0.1) is 29.9 Å². The van der Waals surface area contributed by atoms with Gasteiger partial charge in [0.2, 0.25) is 5.82 Å². The minimum Gasteiger partial charge on any atom is -0.227 e. The molecule has 5 heteroatoms. The number of hydrogen-bond donors (Lipinski definition) is 0. The summed E-state index contributed by atoms with van der Waals surface area (Å²) in [4.78, 5) is 7.48. The highest BCUT2D eigenvalue weighted by Gasteiger charge is 2.15. The molecule has 3 aromatic rings. The number of nitrogens with zero attached hydrogens (tertiary/aromatic N) is 3. The fourth-order valence-corrected chi connectivity index (χ4v) is 2.28. The molecule has 0 saturated carbocycles. The number of aryl methyl sites for hydroxylation is 1. The number of hydrogen-bond acceptors (Lipinski definition) is 3. The second-order valence-electron chi connectivity index (χ2n) is 5.09. The van der Waals surface area contributed by atoms with Crippen molar-refractivity contribution in [2.75, 3.05) is 0 Å². The molecule has 1 heterocycles. The van der Waals surface area contributed by atoms with E-state index in [2.05, 4.69) is 9.97 Å². The van der Waals surface area contributed by atoms with Crippen molar-refractivity contribution in [1.82, 2.24) is 9.97 Å². The second-order valence-corrected chi connectivity index (χ2v) is 5.09. The maximum atomic E-state index is 14.4. The molecule has 0 saturated heterocycles. The standard InChI is InChI=1S/C18H11F2N3/c1-11-2-4-12(5-3-11)13-6-15(19)18(16(20)7-13)14-9-22-17(8-21)23-10-14/h2-7,9-10H,1H3. The maximum absolute atomic E-state index is 14.4. The van der Waals surface area contributed by atoms with Crippen molar-refractivity contribution in [2.45, 2.75) is 6.92 Å². The van der Waals surface area contributed by atoms with Gasteiger partial charge in [-0.3, -0.25) is 0 Å². The normalized spacial score (nSPS) is 10.3. The number of rotatable bonds is 2. The van der Waals surface area contributed by atoms with E-state index < -0.39 is 11.6 Å². The van der Waals surface area contributed by atoms with Gasteiger partial charge >= 0.3 is 0 Å². The van der Waals surface area contributed by atoms with E-state index >= 15 is 0 Å². The summed E-state index contributed by atoms with van der Waals surface area (Å²) in [6.07, 6.45) is 2.47. The summed E-state index contributed by atoms with van der Waals surface area (Å²) < 4.78 is 28.8. The van der Waals surface area contributed by atoms with Crippen molar-refractivity contribution in [1.29, 1.82) is 5.26 Å². The van der Waals surface area contributed by atoms with Crippen LogP contribution in [0.15, 0.2) is 48.8 Å². The Kier molecular flexibility index (Phi) is 3.82. The number of aromatic nitrogens is 2. The van der Waals surface area contributed by atoms with E-state index in [1.807, 2.05) is 31.2 Å². The summed E-state index contributed by atoms with van der Waals surface area (Å²) in [5.41, 5.74) is 2.25. The molecule has 2 aromatic carbocycles. The topological polar surface area (TPSA) is 49.6 Å². The highest BCUT2D eigenvalue weighted by molar-refractivity contribution is 5.71. The van der Waals surface area contributed by atoms with Crippen molar-refractivity contribution in [3.8, 4) is 28.3 Å². The van der Waals surface area contributed by atoms with Gasteiger partial charge in [0.15, 0.2) is 0 Å². The lowest BCUT2D eigenvalue weighted by atomic mass is 9.99. The van der Waals surface area contributed by atoms with E-state index in [-0.39, 0.29) is 17.0 Å². The minimum absolute atomic E-state index is 0.0501. The molecule has 0 atom stereocenters. The molecule has 0 N–H and O–H groups in total. The van der Waals surface area contributed by atoms with Crippen LogP contribution in [0.5, 0.6) is 0 Å². The highest BCUT2D eigenvalue weighted by Crippen LogP contribution is 2.30. The molecule has 0 aliphatic carbocycles. The molecular formula is C18H11F2N3. The second kappa shape index (κ2) is 5.93. The van der Waals surface area contributed by atoms with Crippen molar-refractivity contribution >= 4 is 0 Å². The minimum atomic E-state index is -0.700. The van der Waals surface area contributed by atoms with Gasteiger partial charge in [-0.25, -0.2) is 18.7 Å². The van der Waals surface area contributed by atoms with E-state index in [1.165, 1.54) is 24.5 Å². The van der Waals surface area contributed by atoms with Crippen LogP contribution >= 0.6 is 0 Å². The van der Waals surface area contributed by atoms with Crippen LogP contribution in [0.2, 0.25) is 0 Å². The summed E-state index contributed by atoms with van der Waals surface area (Å²) in [6.45, 7) is 1.94. The van der Waals surface area contributed by atoms with Gasteiger partial charge in [-0.05, 0) is 30.2 Å². The van der Waals surface area contributed by atoms with Gasteiger partial charge < -0.3 is 0 Å². The predicted octanol–water partition coefficient (Wildman–Crippen LogP) is 4.27. The Bertz CT molecular complexity index is 872. The molecule has 0 unspecified atom stereocenters. The Morgan fingerprint density at radius 1 is 0.870 bits per heavy atom. The smallest absolute Gasteiger partial charge is 0.227 e. The molecule has 0 radical (unpaired) electrons. The molecule has 0 bridgehead atoms. The molecule has 0 amide bonds. The molecule has 3 nitrogen and oxygen atoms in total. The summed E-state index contributed by atoms with van der Waals surface area (Å²) in [7, 11) is 0. The monoisotopic (exact) mass is 307 g/mol. The Morgan fingerprint density at radius 3 is 1.96 bits per heavy atom. The summed E-state index contributed by atoms with van der Waals surface area (Å²) in [6, 6.07) is 11.7. The molecule has 0 fully saturated rings. The van der Waals surface area contributed by atoms with Gasteiger partial charge in [0.1, 0.15) is 17.7 Å². The number of benzene rings is 2. The number of nitriles is 1. The lowest BCUT2D eigenvalue weighted by Gasteiger charge is -2.08. The van der Waals surface area contributed by atoms with Gasteiger partial charge in [0.05, 0.1) is 5.56 Å². The quantitative estimate of drug-likeness (QED) is 0.710.